The molecule has 1 rings (SSSR count). The average molecular weight is 80.1 g/mol. The van der Waals surface area contributed by atoms with E-state index < -0.39 is 0 Å². The lowest BCUT2D eigenvalue weighted by atomic mass is 13.7. The van der Waals surface area contributed by atoms with Crippen LogP contribution in [-0.4, -0.2) is 4.55 Å². The van der Waals surface area contributed by atoms with E-state index in [2.05, 4.69) is 8.50 Å². The number of hydrogen-bond acceptors (Lipinski definition) is 3. The Hall–Kier alpha value is -0.220. The van der Waals surface area contributed by atoms with E-state index in [-0.39, 0.29) is 6.15 Å². The van der Waals surface area contributed by atoms with Crippen LogP contribution in [0.2, 0.25) is 0 Å². The van der Waals surface area contributed by atoms with E-state index in [4.69, 9.17) is 0 Å². The fourth-order valence-corrected chi connectivity index (χ4v) is 0. The third-order valence-corrected chi connectivity index (χ3v) is 0.250. The summed E-state index contributed by atoms with van der Waals surface area (Å²) in [6.07, 6.45) is 0. The zero-order valence-corrected chi connectivity index (χ0v) is 2.84. The molecule has 0 unspecified atom stereocenters. The molecule has 26 valence electrons. The summed E-state index contributed by atoms with van der Waals surface area (Å²) < 4.78 is 6.58. The van der Waals surface area contributed by atoms with Crippen molar-refractivity contribution in [3.8, 4) is 0 Å². The summed E-state index contributed by atoms with van der Waals surface area (Å²) in [4.78, 5) is 0. The van der Waals surface area contributed by atoms with Crippen molar-refractivity contribution in [1.82, 2.24) is 10.7 Å². The molecule has 0 amide bonds. The Morgan fingerprint density at radius 1 is 1.75 bits per heavy atom. The third-order valence-electron chi connectivity index (χ3n) is 0.0833. The second kappa shape index (κ2) is 1.14. The van der Waals surface area contributed by atoms with Crippen LogP contribution in [0.25, 0.3) is 0 Å². The van der Waals surface area contributed by atoms with Gasteiger partial charge in [0, 0.05) is 0 Å². The molecule has 0 fully saturated rings. The molecule has 0 radical (unpaired) electrons. The van der Waals surface area contributed by atoms with Gasteiger partial charge in [-0.05, 0) is 0 Å². The molecule has 0 aliphatic carbocycles. The number of aromatic nitrogens is 1. The fraction of sp³-hybridized carbons (Fsp3) is 0. The number of hydrogen-bond donors (Lipinski definition) is 2. The van der Waals surface area contributed by atoms with Crippen molar-refractivity contribution in [2.24, 2.45) is 0 Å². The van der Waals surface area contributed by atoms with Crippen molar-refractivity contribution >= 4 is 11.8 Å². The monoisotopic (exact) mass is 80.0 g/mol. The standard InChI is InChI=1S/HNOS.H3N/c1-2-3-1;/h1H;1H3. The number of H-pyrrole nitrogens is 1. The zero-order chi connectivity index (χ0) is 2.12. The van der Waals surface area contributed by atoms with Crippen molar-refractivity contribution in [3.05, 3.63) is 0 Å². The number of rotatable bonds is 0. The normalized spacial score (nSPS) is 6.00. The maximum absolute atomic E-state index is 4.17. The molecule has 0 saturated heterocycles. The van der Waals surface area contributed by atoms with Gasteiger partial charge >= 0.3 is 0 Å². The first-order valence-electron chi connectivity index (χ1n) is 0.575. The van der Waals surface area contributed by atoms with Gasteiger partial charge in [-0.2, -0.15) is 0 Å². The van der Waals surface area contributed by atoms with Gasteiger partial charge in [-0.1, -0.05) is 0 Å². The smallest absolute Gasteiger partial charge is 0.188 e. The maximum atomic E-state index is 4.17. The predicted octanol–water partition coefficient (Wildman–Crippen LogP) is 0.831. The zero-order valence-electron chi connectivity index (χ0n) is 2.02. The van der Waals surface area contributed by atoms with Crippen LogP contribution >= 0.6 is 11.8 Å². The number of aromatic amines is 1. The first kappa shape index (κ1) is 3.78. The number of nitrogens with one attached hydrogen (secondary N) is 1. The Morgan fingerprint density at radius 2 is 2.00 bits per heavy atom. The molecule has 0 aliphatic heterocycles. The van der Waals surface area contributed by atoms with E-state index in [9.17, 15) is 0 Å². The van der Waals surface area contributed by atoms with Crippen molar-refractivity contribution in [2.75, 3.05) is 0 Å². The van der Waals surface area contributed by atoms with Gasteiger partial charge in [-0.15, -0.1) is 4.55 Å². The second-order valence-electron chi connectivity index (χ2n) is 0.250. The van der Waals surface area contributed by atoms with Gasteiger partial charge in [0.25, 0.3) is 0 Å². The van der Waals surface area contributed by atoms with Crippen molar-refractivity contribution in [3.63, 3.8) is 0 Å². The quantitative estimate of drug-likeness (QED) is 0.484. The van der Waals surface area contributed by atoms with Gasteiger partial charge in [-0.3, -0.25) is 3.96 Å². The molecular weight excluding hydrogens is 76.1 g/mol. The van der Waals surface area contributed by atoms with Gasteiger partial charge in [-0.25, -0.2) is 0 Å². The summed E-state index contributed by atoms with van der Waals surface area (Å²) in [5.74, 6) is 0. The Balaban J connectivity index is 0.0000000900. The summed E-state index contributed by atoms with van der Waals surface area (Å²) in [7, 11) is 0. The third kappa shape index (κ3) is 1.78. The molecule has 4 heavy (non-hydrogen) atoms. The molecular formula is H4N2OS. The van der Waals surface area contributed by atoms with Gasteiger partial charge in [0.2, 0.25) is 0 Å². The molecule has 1 aromatic rings. The first-order chi connectivity index (χ1) is 1.50. The molecule has 0 spiro atoms. The van der Waals surface area contributed by atoms with Crippen molar-refractivity contribution < 1.29 is 3.96 Å². The Morgan fingerprint density at radius 3 is 2.00 bits per heavy atom. The second-order valence-corrected chi connectivity index (χ2v) is 0.750. The lowest BCUT2D eigenvalue weighted by molar-refractivity contribution is 0.629. The Labute approximate surface area is 27.5 Å². The van der Waals surface area contributed by atoms with Crippen LogP contribution < -0.4 is 6.15 Å². The van der Waals surface area contributed by atoms with Gasteiger partial charge < -0.3 is 6.15 Å². The van der Waals surface area contributed by atoms with E-state index in [1.807, 2.05) is 0 Å². The van der Waals surface area contributed by atoms with Crippen LogP contribution in [0.15, 0.2) is 3.96 Å². The van der Waals surface area contributed by atoms with Crippen molar-refractivity contribution in [2.45, 2.75) is 0 Å². The van der Waals surface area contributed by atoms with Crippen LogP contribution in [-0.2, 0) is 0 Å². The van der Waals surface area contributed by atoms with Crippen LogP contribution in [0.4, 0.5) is 0 Å². The molecule has 1 aromatic heterocycles. The fourth-order valence-electron chi connectivity index (χ4n) is 0. The van der Waals surface area contributed by atoms with Crippen molar-refractivity contribution in [1.29, 1.82) is 0 Å². The average Bonchev–Trinajstić information content (AvgIpc) is 1.46. The summed E-state index contributed by atoms with van der Waals surface area (Å²) in [6.45, 7) is 0. The molecule has 1 heterocycles. The highest BCUT2D eigenvalue weighted by Gasteiger charge is 1.57. The van der Waals surface area contributed by atoms with Gasteiger partial charge in [0.1, 0.15) is 0 Å². The molecule has 0 aromatic carbocycles. The summed E-state index contributed by atoms with van der Waals surface area (Å²) in [5, 5.41) is 0. The molecule has 0 atom stereocenters. The Kier molecular flexibility index (Phi) is 1.08. The lowest BCUT2D eigenvalue weighted by Gasteiger charge is -1.04. The Bertz CT molecular complexity index is 34.1. The predicted molar refractivity (Wildman–Crippen MR) is 16.0 cm³/mol. The molecule has 0 aliphatic rings. The minimum Gasteiger partial charge on any atom is -0.344 e. The highest BCUT2D eigenvalue weighted by Crippen LogP contribution is 1.84. The highest BCUT2D eigenvalue weighted by atomic mass is 32.1. The largest absolute Gasteiger partial charge is 0.344 e. The van der Waals surface area contributed by atoms with Crippen LogP contribution in [0, 0.1) is 0 Å². The van der Waals surface area contributed by atoms with Crippen LogP contribution in [0.3, 0.4) is 0 Å². The summed E-state index contributed by atoms with van der Waals surface area (Å²) in [6, 6.07) is 0. The molecule has 3 nitrogen and oxygen atoms in total. The van der Waals surface area contributed by atoms with E-state index >= 15 is 0 Å². The summed E-state index contributed by atoms with van der Waals surface area (Å²) >= 11 is 1.25. The maximum Gasteiger partial charge on any atom is 0.188 e. The first-order valence-corrected chi connectivity index (χ1v) is 1.32. The van der Waals surface area contributed by atoms with Crippen LogP contribution in [0.5, 0.6) is 0 Å². The topological polar surface area (TPSA) is 63.9 Å². The molecule has 4 heteroatoms. The van der Waals surface area contributed by atoms with Gasteiger partial charge in [0.15, 0.2) is 11.8 Å². The molecule has 0 saturated carbocycles. The SMILES string of the molecule is N.[nH]1os1. The van der Waals surface area contributed by atoms with E-state index in [0.717, 1.165) is 0 Å². The van der Waals surface area contributed by atoms with E-state index in [1.54, 1.807) is 0 Å². The minimum absolute atomic E-state index is 0. The molecule has 4 N–H and O–H groups in total. The highest BCUT2D eigenvalue weighted by molar-refractivity contribution is 6.99. The summed E-state index contributed by atoms with van der Waals surface area (Å²) in [5.41, 5.74) is 0. The molecule has 0 bridgehead atoms. The van der Waals surface area contributed by atoms with E-state index in [1.165, 1.54) is 11.8 Å². The van der Waals surface area contributed by atoms with E-state index in [0.29, 0.717) is 0 Å². The van der Waals surface area contributed by atoms with Gasteiger partial charge in [0.05, 0.1) is 0 Å². The van der Waals surface area contributed by atoms with Crippen LogP contribution in [0.1, 0.15) is 0 Å². The minimum atomic E-state index is 0. The lowest BCUT2D eigenvalue weighted by Crippen LogP contribution is -0.967.